The van der Waals surface area contributed by atoms with Crippen LogP contribution in [0.5, 0.6) is 0 Å². The van der Waals surface area contributed by atoms with Gasteiger partial charge in [-0.05, 0) is 18.1 Å². The Bertz CT molecular complexity index is 715. The molecule has 4 heteroatoms. The summed E-state index contributed by atoms with van der Waals surface area (Å²) in [4.78, 5) is 13.1. The van der Waals surface area contributed by atoms with Crippen molar-refractivity contribution in [3.05, 3.63) is 21.9 Å². The predicted octanol–water partition coefficient (Wildman–Crippen LogP) is 4.39. The first-order valence-corrected chi connectivity index (χ1v) is 7.22. The molecule has 0 radical (unpaired) electrons. The highest BCUT2D eigenvalue weighted by atomic mass is 32.1. The standard InChI is InChI=1S/C13H13NOS2/c1-7(2)11-5-10-13(17-11)12-9(14(10)3)4-8(6-15)16-12/h4-7H,1-3H3. The minimum atomic E-state index is 0.563. The van der Waals surface area contributed by atoms with Crippen LogP contribution in [0.3, 0.4) is 0 Å². The summed E-state index contributed by atoms with van der Waals surface area (Å²) in [6, 6.07) is 4.26. The lowest BCUT2D eigenvalue weighted by molar-refractivity contribution is 0.112. The molecule has 17 heavy (non-hydrogen) atoms. The van der Waals surface area contributed by atoms with Crippen LogP contribution in [0.25, 0.3) is 20.4 Å². The number of hydrogen-bond donors (Lipinski definition) is 0. The fourth-order valence-electron chi connectivity index (χ4n) is 2.10. The number of thiophene rings is 2. The second-order valence-electron chi connectivity index (χ2n) is 4.56. The van der Waals surface area contributed by atoms with Gasteiger partial charge in [-0.25, -0.2) is 0 Å². The van der Waals surface area contributed by atoms with Gasteiger partial charge < -0.3 is 4.57 Å². The third-order valence-electron chi connectivity index (χ3n) is 3.08. The van der Waals surface area contributed by atoms with E-state index in [1.807, 2.05) is 17.4 Å². The first-order valence-electron chi connectivity index (χ1n) is 5.58. The average Bonchev–Trinajstić information content (AvgIpc) is 2.94. The van der Waals surface area contributed by atoms with Crippen molar-refractivity contribution in [2.75, 3.05) is 0 Å². The smallest absolute Gasteiger partial charge is 0.160 e. The highest BCUT2D eigenvalue weighted by Crippen LogP contribution is 2.40. The summed E-state index contributed by atoms with van der Waals surface area (Å²) in [7, 11) is 2.07. The summed E-state index contributed by atoms with van der Waals surface area (Å²) in [5, 5.41) is 0. The number of aldehydes is 1. The van der Waals surface area contributed by atoms with Crippen molar-refractivity contribution in [3.63, 3.8) is 0 Å². The molecule has 0 fully saturated rings. The quantitative estimate of drug-likeness (QED) is 0.628. The van der Waals surface area contributed by atoms with Crippen LogP contribution in [0.4, 0.5) is 0 Å². The van der Waals surface area contributed by atoms with Crippen LogP contribution in [0.15, 0.2) is 12.1 Å². The van der Waals surface area contributed by atoms with Gasteiger partial charge in [0.1, 0.15) is 0 Å². The molecular formula is C13H13NOS2. The average molecular weight is 263 g/mol. The Balaban J connectivity index is 2.39. The minimum Gasteiger partial charge on any atom is -0.342 e. The van der Waals surface area contributed by atoms with Crippen LogP contribution in [0.2, 0.25) is 0 Å². The van der Waals surface area contributed by atoms with E-state index in [0.717, 1.165) is 11.2 Å². The molecule has 0 atom stereocenters. The van der Waals surface area contributed by atoms with Crippen LogP contribution in [0.1, 0.15) is 34.3 Å². The third kappa shape index (κ3) is 1.47. The summed E-state index contributed by atoms with van der Waals surface area (Å²) >= 11 is 3.45. The van der Waals surface area contributed by atoms with Gasteiger partial charge in [-0.3, -0.25) is 4.79 Å². The summed E-state index contributed by atoms with van der Waals surface area (Å²) in [5.41, 5.74) is 2.46. The first kappa shape index (κ1) is 11.0. The SMILES string of the molecule is CC(C)c1cc2c(s1)c1sc(C=O)cc1n2C. The Morgan fingerprint density at radius 1 is 1.18 bits per heavy atom. The van der Waals surface area contributed by atoms with E-state index in [-0.39, 0.29) is 0 Å². The topological polar surface area (TPSA) is 22.0 Å². The molecule has 0 aliphatic heterocycles. The van der Waals surface area contributed by atoms with Crippen LogP contribution >= 0.6 is 22.7 Å². The lowest BCUT2D eigenvalue weighted by atomic mass is 10.2. The summed E-state index contributed by atoms with van der Waals surface area (Å²) < 4.78 is 4.77. The molecule has 0 unspecified atom stereocenters. The number of carbonyl (C=O) groups is 1. The van der Waals surface area contributed by atoms with Crippen molar-refractivity contribution in [1.29, 1.82) is 0 Å². The largest absolute Gasteiger partial charge is 0.342 e. The van der Waals surface area contributed by atoms with E-state index in [2.05, 4.69) is 31.5 Å². The lowest BCUT2D eigenvalue weighted by Crippen LogP contribution is -1.85. The Hall–Kier alpha value is -1.13. The lowest BCUT2D eigenvalue weighted by Gasteiger charge is -1.98. The monoisotopic (exact) mass is 263 g/mol. The van der Waals surface area contributed by atoms with Crippen LogP contribution in [-0.4, -0.2) is 10.9 Å². The molecule has 0 saturated heterocycles. The van der Waals surface area contributed by atoms with Gasteiger partial charge in [0.25, 0.3) is 0 Å². The van der Waals surface area contributed by atoms with Crippen molar-refractivity contribution in [3.8, 4) is 0 Å². The molecule has 0 N–H and O–H groups in total. The fourth-order valence-corrected chi connectivity index (χ4v) is 4.44. The minimum absolute atomic E-state index is 0.563. The molecule has 2 nitrogen and oxygen atoms in total. The zero-order valence-corrected chi connectivity index (χ0v) is 11.6. The van der Waals surface area contributed by atoms with Crippen molar-refractivity contribution in [2.24, 2.45) is 7.05 Å². The highest BCUT2D eigenvalue weighted by Gasteiger charge is 2.16. The molecule has 0 spiro atoms. The second kappa shape index (κ2) is 3.68. The molecule has 0 aromatic carbocycles. The molecule has 3 aromatic rings. The first-order chi connectivity index (χ1) is 8.11. The van der Waals surface area contributed by atoms with Crippen molar-refractivity contribution in [1.82, 2.24) is 4.57 Å². The Kier molecular flexibility index (Phi) is 2.38. The van der Waals surface area contributed by atoms with E-state index >= 15 is 0 Å². The molecule has 0 aliphatic rings. The Morgan fingerprint density at radius 2 is 1.82 bits per heavy atom. The van der Waals surface area contributed by atoms with Gasteiger partial charge in [-0.1, -0.05) is 13.8 Å². The maximum absolute atomic E-state index is 10.8. The number of aryl methyl sites for hydroxylation is 1. The zero-order valence-electron chi connectivity index (χ0n) is 9.98. The highest BCUT2D eigenvalue weighted by molar-refractivity contribution is 7.28. The molecular weight excluding hydrogens is 250 g/mol. The maximum Gasteiger partial charge on any atom is 0.160 e. The van der Waals surface area contributed by atoms with Crippen molar-refractivity contribution in [2.45, 2.75) is 19.8 Å². The van der Waals surface area contributed by atoms with Gasteiger partial charge in [0, 0.05) is 11.9 Å². The number of aromatic nitrogens is 1. The molecule has 3 aromatic heterocycles. The van der Waals surface area contributed by atoms with Gasteiger partial charge in [0.2, 0.25) is 0 Å². The van der Waals surface area contributed by atoms with Gasteiger partial charge >= 0.3 is 0 Å². The number of nitrogens with zero attached hydrogens (tertiary/aromatic N) is 1. The van der Waals surface area contributed by atoms with Gasteiger partial charge in [-0.2, -0.15) is 0 Å². The Morgan fingerprint density at radius 3 is 2.47 bits per heavy atom. The maximum atomic E-state index is 10.8. The van der Waals surface area contributed by atoms with Crippen molar-refractivity contribution < 1.29 is 4.79 Å². The molecule has 0 aliphatic carbocycles. The van der Waals surface area contributed by atoms with Gasteiger partial charge in [-0.15, -0.1) is 22.7 Å². The molecule has 0 amide bonds. The summed E-state index contributed by atoms with van der Waals surface area (Å²) in [6.45, 7) is 4.43. The molecule has 0 bridgehead atoms. The van der Waals surface area contributed by atoms with E-state index in [1.54, 1.807) is 11.3 Å². The molecule has 0 saturated carbocycles. The van der Waals surface area contributed by atoms with E-state index in [9.17, 15) is 4.79 Å². The Labute approximate surface area is 107 Å². The van der Waals surface area contributed by atoms with Gasteiger partial charge in [0.05, 0.1) is 25.3 Å². The second-order valence-corrected chi connectivity index (χ2v) is 6.73. The van der Waals surface area contributed by atoms with Gasteiger partial charge in [0.15, 0.2) is 6.29 Å². The third-order valence-corrected chi connectivity index (χ3v) is 5.72. The molecule has 3 heterocycles. The summed E-state index contributed by atoms with van der Waals surface area (Å²) in [5.74, 6) is 0.563. The summed E-state index contributed by atoms with van der Waals surface area (Å²) in [6.07, 6.45) is 0.938. The van der Waals surface area contributed by atoms with E-state index in [0.29, 0.717) is 5.92 Å². The van der Waals surface area contributed by atoms with E-state index < -0.39 is 0 Å². The number of fused-ring (bicyclic) bond motifs is 3. The molecule has 88 valence electrons. The number of hydrogen-bond acceptors (Lipinski definition) is 3. The zero-order chi connectivity index (χ0) is 12.2. The van der Waals surface area contributed by atoms with Crippen LogP contribution in [-0.2, 0) is 7.05 Å². The molecule has 3 rings (SSSR count). The van der Waals surface area contributed by atoms with Crippen molar-refractivity contribution >= 4 is 49.4 Å². The number of carbonyl (C=O) groups excluding carboxylic acids is 1. The fraction of sp³-hybridized carbons (Fsp3) is 0.308. The van der Waals surface area contributed by atoms with Crippen LogP contribution in [0, 0.1) is 0 Å². The number of rotatable bonds is 2. The van der Waals surface area contributed by atoms with E-state index in [4.69, 9.17) is 0 Å². The van der Waals surface area contributed by atoms with E-state index in [1.165, 1.54) is 25.3 Å². The van der Waals surface area contributed by atoms with Crippen LogP contribution < -0.4 is 0 Å². The normalized spacial score (nSPS) is 12.0. The predicted molar refractivity (Wildman–Crippen MR) is 75.7 cm³/mol.